The van der Waals surface area contributed by atoms with Crippen LogP contribution in [-0.2, 0) is 0 Å². The molecule has 2 atom stereocenters. The highest BCUT2D eigenvalue weighted by atomic mass is 35.5. The van der Waals surface area contributed by atoms with Crippen LogP contribution in [0.4, 0.5) is 0 Å². The molecule has 1 aromatic carbocycles. The predicted octanol–water partition coefficient (Wildman–Crippen LogP) is 3.62. The van der Waals surface area contributed by atoms with Gasteiger partial charge in [-0.25, -0.2) is 0 Å². The highest BCUT2D eigenvalue weighted by Gasteiger charge is 2.39. The van der Waals surface area contributed by atoms with Gasteiger partial charge in [0.15, 0.2) is 0 Å². The summed E-state index contributed by atoms with van der Waals surface area (Å²) in [4.78, 5) is 2.54. The predicted molar refractivity (Wildman–Crippen MR) is 76.1 cm³/mol. The fraction of sp³-hybridized carbons (Fsp3) is 0.571. The van der Waals surface area contributed by atoms with Crippen molar-refractivity contribution in [3.63, 3.8) is 0 Å². The van der Waals surface area contributed by atoms with Crippen LogP contribution in [0.15, 0.2) is 18.2 Å². The fourth-order valence-corrected chi connectivity index (χ4v) is 3.54. The van der Waals surface area contributed by atoms with Crippen molar-refractivity contribution in [2.24, 2.45) is 5.73 Å². The van der Waals surface area contributed by atoms with Gasteiger partial charge in [-0.15, -0.1) is 0 Å². The van der Waals surface area contributed by atoms with E-state index in [2.05, 4.69) is 4.90 Å². The first-order valence-corrected chi connectivity index (χ1v) is 7.38. The van der Waals surface area contributed by atoms with Gasteiger partial charge in [0.1, 0.15) is 0 Å². The minimum atomic E-state index is 0.179. The van der Waals surface area contributed by atoms with Crippen LogP contribution < -0.4 is 5.73 Å². The number of benzene rings is 1. The van der Waals surface area contributed by atoms with E-state index in [1.54, 1.807) is 0 Å². The Kier molecular flexibility index (Phi) is 3.55. The fourth-order valence-electron chi connectivity index (χ4n) is 3.02. The lowest BCUT2D eigenvalue weighted by Gasteiger charge is -2.40. The Labute approximate surface area is 118 Å². The first kappa shape index (κ1) is 12.7. The van der Waals surface area contributed by atoms with Crippen molar-refractivity contribution in [3.05, 3.63) is 33.8 Å². The van der Waals surface area contributed by atoms with Gasteiger partial charge in [0.25, 0.3) is 0 Å². The summed E-state index contributed by atoms with van der Waals surface area (Å²) in [5.41, 5.74) is 7.48. The van der Waals surface area contributed by atoms with Crippen molar-refractivity contribution in [2.45, 2.75) is 43.8 Å². The van der Waals surface area contributed by atoms with E-state index in [0.29, 0.717) is 11.1 Å². The lowest BCUT2D eigenvalue weighted by Crippen LogP contribution is -2.46. The second-order valence-electron chi connectivity index (χ2n) is 5.39. The van der Waals surface area contributed by atoms with Gasteiger partial charge in [-0.05, 0) is 49.9 Å². The van der Waals surface area contributed by atoms with Crippen LogP contribution >= 0.6 is 23.2 Å². The zero-order valence-electron chi connectivity index (χ0n) is 10.3. The Balaban J connectivity index is 1.94. The van der Waals surface area contributed by atoms with Crippen LogP contribution in [0.5, 0.6) is 0 Å². The SMILES string of the molecule is NC1CCCN(C2CC2)C1c1ccc(Cl)cc1Cl. The third-order valence-corrected chi connectivity index (χ3v) is 4.58. The number of halogens is 2. The standard InChI is InChI=1S/C14H18Cl2N2/c15-9-3-6-11(12(16)8-9)14-13(17)2-1-7-18(14)10-4-5-10/h3,6,8,10,13-14H,1-2,4-5,7,17H2. The molecule has 0 amide bonds. The maximum atomic E-state index is 6.35. The van der Waals surface area contributed by atoms with Gasteiger partial charge in [0.05, 0.1) is 6.04 Å². The normalized spacial score (nSPS) is 29.5. The molecule has 1 heterocycles. The van der Waals surface area contributed by atoms with Crippen molar-refractivity contribution in [1.82, 2.24) is 4.90 Å². The van der Waals surface area contributed by atoms with Gasteiger partial charge in [0.2, 0.25) is 0 Å². The summed E-state index contributed by atoms with van der Waals surface area (Å²) < 4.78 is 0. The average Bonchev–Trinajstić information content (AvgIpc) is 3.14. The summed E-state index contributed by atoms with van der Waals surface area (Å²) in [6.45, 7) is 1.14. The zero-order valence-corrected chi connectivity index (χ0v) is 11.8. The summed E-state index contributed by atoms with van der Waals surface area (Å²) >= 11 is 12.3. The number of likely N-dealkylation sites (tertiary alicyclic amines) is 1. The number of rotatable bonds is 2. The summed E-state index contributed by atoms with van der Waals surface area (Å²) in [5, 5.41) is 1.43. The molecule has 0 bridgehead atoms. The second-order valence-corrected chi connectivity index (χ2v) is 6.23. The van der Waals surface area contributed by atoms with Gasteiger partial charge in [-0.2, -0.15) is 0 Å². The lowest BCUT2D eigenvalue weighted by molar-refractivity contribution is 0.120. The third-order valence-electron chi connectivity index (χ3n) is 4.01. The highest BCUT2D eigenvalue weighted by Crippen LogP contribution is 2.41. The Morgan fingerprint density at radius 1 is 1.17 bits per heavy atom. The molecule has 2 unspecified atom stereocenters. The van der Waals surface area contributed by atoms with E-state index in [1.165, 1.54) is 19.3 Å². The van der Waals surface area contributed by atoms with Gasteiger partial charge >= 0.3 is 0 Å². The maximum absolute atomic E-state index is 6.35. The van der Waals surface area contributed by atoms with E-state index in [4.69, 9.17) is 28.9 Å². The molecule has 0 radical (unpaired) electrons. The maximum Gasteiger partial charge on any atom is 0.0516 e. The van der Waals surface area contributed by atoms with E-state index in [9.17, 15) is 0 Å². The quantitative estimate of drug-likeness (QED) is 0.899. The van der Waals surface area contributed by atoms with Crippen LogP contribution in [0, 0.1) is 0 Å². The Bertz CT molecular complexity index is 445. The molecule has 0 spiro atoms. The Hall–Kier alpha value is -0.280. The number of piperidine rings is 1. The second kappa shape index (κ2) is 5.01. The van der Waals surface area contributed by atoms with Gasteiger partial charge < -0.3 is 5.73 Å². The van der Waals surface area contributed by atoms with Crippen LogP contribution in [-0.4, -0.2) is 23.5 Å². The molecule has 1 saturated carbocycles. The molecule has 0 aromatic heterocycles. The Morgan fingerprint density at radius 2 is 1.94 bits per heavy atom. The number of nitrogens with two attached hydrogens (primary N) is 1. The molecular weight excluding hydrogens is 267 g/mol. The molecule has 2 aliphatic rings. The smallest absolute Gasteiger partial charge is 0.0516 e. The van der Waals surface area contributed by atoms with Crippen LogP contribution in [0.1, 0.15) is 37.3 Å². The van der Waals surface area contributed by atoms with Crippen molar-refractivity contribution in [1.29, 1.82) is 0 Å². The summed E-state index contributed by atoms with van der Waals surface area (Å²) in [7, 11) is 0. The first-order chi connectivity index (χ1) is 8.66. The third kappa shape index (κ3) is 2.39. The van der Waals surface area contributed by atoms with Crippen molar-refractivity contribution in [3.8, 4) is 0 Å². The van der Waals surface area contributed by atoms with E-state index in [-0.39, 0.29) is 12.1 Å². The molecule has 1 saturated heterocycles. The topological polar surface area (TPSA) is 29.3 Å². The van der Waals surface area contributed by atoms with E-state index >= 15 is 0 Å². The summed E-state index contributed by atoms with van der Waals surface area (Å²) in [6.07, 6.45) is 4.87. The van der Waals surface area contributed by atoms with Crippen LogP contribution in [0.25, 0.3) is 0 Å². The number of nitrogens with zero attached hydrogens (tertiary/aromatic N) is 1. The minimum Gasteiger partial charge on any atom is -0.326 e. The van der Waals surface area contributed by atoms with E-state index < -0.39 is 0 Å². The van der Waals surface area contributed by atoms with Gasteiger partial charge in [0, 0.05) is 22.1 Å². The molecule has 1 aliphatic carbocycles. The number of hydrogen-bond donors (Lipinski definition) is 1. The van der Waals surface area contributed by atoms with Gasteiger partial charge in [-0.3, -0.25) is 4.90 Å². The van der Waals surface area contributed by atoms with Crippen molar-refractivity contribution in [2.75, 3.05) is 6.54 Å². The number of hydrogen-bond acceptors (Lipinski definition) is 2. The minimum absolute atomic E-state index is 0.179. The van der Waals surface area contributed by atoms with Crippen LogP contribution in [0.2, 0.25) is 10.0 Å². The largest absolute Gasteiger partial charge is 0.326 e. The molecular formula is C14H18Cl2N2. The molecule has 2 fully saturated rings. The average molecular weight is 285 g/mol. The molecule has 1 aliphatic heterocycles. The highest BCUT2D eigenvalue weighted by molar-refractivity contribution is 6.35. The summed E-state index contributed by atoms with van der Waals surface area (Å²) in [5.74, 6) is 0. The molecule has 98 valence electrons. The monoisotopic (exact) mass is 284 g/mol. The first-order valence-electron chi connectivity index (χ1n) is 6.63. The molecule has 1 aromatic rings. The molecule has 18 heavy (non-hydrogen) atoms. The molecule has 2 nitrogen and oxygen atoms in total. The van der Waals surface area contributed by atoms with Crippen LogP contribution in [0.3, 0.4) is 0 Å². The van der Waals surface area contributed by atoms with E-state index in [1.807, 2.05) is 18.2 Å². The zero-order chi connectivity index (χ0) is 12.7. The molecule has 3 rings (SSSR count). The van der Waals surface area contributed by atoms with Gasteiger partial charge in [-0.1, -0.05) is 29.3 Å². The van der Waals surface area contributed by atoms with Crippen molar-refractivity contribution < 1.29 is 0 Å². The summed E-state index contributed by atoms with van der Waals surface area (Å²) in [6, 6.07) is 6.93. The van der Waals surface area contributed by atoms with Crippen molar-refractivity contribution >= 4 is 23.2 Å². The van der Waals surface area contributed by atoms with E-state index in [0.717, 1.165) is 23.6 Å². The Morgan fingerprint density at radius 3 is 2.61 bits per heavy atom. The lowest BCUT2D eigenvalue weighted by atomic mass is 9.90. The molecule has 4 heteroatoms. The molecule has 2 N–H and O–H groups in total.